The van der Waals surface area contributed by atoms with Crippen molar-refractivity contribution >= 4 is 11.3 Å². The molecule has 0 N–H and O–H groups in total. The predicted molar refractivity (Wildman–Crippen MR) is 102 cm³/mol. The van der Waals surface area contributed by atoms with Crippen LogP contribution >= 0.6 is 0 Å². The van der Waals surface area contributed by atoms with Crippen LogP contribution in [0.5, 0.6) is 0 Å². The highest BCUT2D eigenvalue weighted by Crippen LogP contribution is 2.53. The second-order valence-electron chi connectivity index (χ2n) is 6.87. The zero-order valence-electron chi connectivity index (χ0n) is 16.2. The fourth-order valence-electron chi connectivity index (χ4n) is 3.38. The molecule has 5 rings (SSSR count). The summed E-state index contributed by atoms with van der Waals surface area (Å²) in [4.78, 5) is 13.7. The molecule has 27 heavy (non-hydrogen) atoms. The molecule has 1 aliphatic rings. The maximum atomic E-state index is 13.7. The average molecular weight is 366 g/mol. The summed E-state index contributed by atoms with van der Waals surface area (Å²) >= 11 is 0. The highest BCUT2D eigenvalue weighted by atomic mass is 19.1. The third-order valence-electron chi connectivity index (χ3n) is 4.98. The topological polar surface area (TPSA) is 60.4 Å². The molecule has 1 fully saturated rings. The molecule has 6 nitrogen and oxygen atoms in total. The van der Waals surface area contributed by atoms with Gasteiger partial charge in [0.2, 0.25) is 0 Å². The van der Waals surface area contributed by atoms with Gasteiger partial charge in [-0.2, -0.15) is 5.10 Å². The van der Waals surface area contributed by atoms with Gasteiger partial charge in [0.15, 0.2) is 11.5 Å². The summed E-state index contributed by atoms with van der Waals surface area (Å²) < 4.78 is 17.3. The van der Waals surface area contributed by atoms with E-state index in [0.717, 1.165) is 40.6 Å². The molecule has 1 saturated carbocycles. The molecule has 4 aromatic heterocycles. The van der Waals surface area contributed by atoms with Gasteiger partial charge >= 0.3 is 0 Å². The van der Waals surface area contributed by atoms with Crippen LogP contribution < -0.4 is 0 Å². The van der Waals surface area contributed by atoms with E-state index in [2.05, 4.69) is 20.1 Å². The molecular formula is C20H23FN6. The molecule has 0 spiro atoms. The van der Waals surface area contributed by atoms with E-state index in [4.69, 9.17) is 0 Å². The first-order valence-electron chi connectivity index (χ1n) is 9.35. The monoisotopic (exact) mass is 366 g/mol. The Balaban J connectivity index is 0.000000872. The number of hydrogen-bond acceptors (Lipinski definition) is 4. The average Bonchev–Trinajstić information content (AvgIpc) is 3.15. The number of nitrogens with zero attached hydrogens (tertiary/aromatic N) is 6. The molecule has 140 valence electrons. The lowest BCUT2D eigenvalue weighted by atomic mass is 10.2. The number of rotatable bonds is 2. The first-order chi connectivity index (χ1) is 13.0. The molecular weight excluding hydrogens is 343 g/mol. The first-order valence-corrected chi connectivity index (χ1v) is 9.35. The molecule has 2 atom stereocenters. The van der Waals surface area contributed by atoms with Crippen molar-refractivity contribution in [2.75, 3.05) is 0 Å². The molecule has 0 bridgehead atoms. The zero-order chi connectivity index (χ0) is 19.3. The maximum Gasteiger partial charge on any atom is 0.177 e. The van der Waals surface area contributed by atoms with E-state index in [1.54, 1.807) is 17.4 Å². The molecule has 7 heteroatoms. The van der Waals surface area contributed by atoms with Gasteiger partial charge in [0, 0.05) is 30.4 Å². The number of aryl methyl sites for hydroxylation is 3. The van der Waals surface area contributed by atoms with Gasteiger partial charge in [0.05, 0.1) is 17.1 Å². The van der Waals surface area contributed by atoms with Crippen molar-refractivity contribution < 1.29 is 4.39 Å². The smallest absolute Gasteiger partial charge is 0.177 e. The van der Waals surface area contributed by atoms with Crippen LogP contribution in [-0.2, 0) is 0 Å². The number of halogens is 1. The minimum atomic E-state index is -0.218. The summed E-state index contributed by atoms with van der Waals surface area (Å²) in [7, 11) is 0. The third kappa shape index (κ3) is 2.87. The van der Waals surface area contributed by atoms with E-state index in [0.29, 0.717) is 5.56 Å². The normalized spacial score (nSPS) is 18.6. The predicted octanol–water partition coefficient (Wildman–Crippen LogP) is 4.13. The Labute approximate surface area is 157 Å². The Kier molecular flexibility index (Phi) is 4.17. The van der Waals surface area contributed by atoms with Crippen molar-refractivity contribution in [3.05, 3.63) is 58.9 Å². The first kappa shape index (κ1) is 17.6. The summed E-state index contributed by atoms with van der Waals surface area (Å²) in [6.45, 7) is 9.67. The van der Waals surface area contributed by atoms with E-state index < -0.39 is 0 Å². The molecule has 4 heterocycles. The van der Waals surface area contributed by atoms with Gasteiger partial charge in [0.1, 0.15) is 11.5 Å². The largest absolute Gasteiger partial charge is 0.304 e. The highest BCUT2D eigenvalue weighted by molar-refractivity contribution is 5.47. The van der Waals surface area contributed by atoms with E-state index in [1.165, 1.54) is 6.20 Å². The van der Waals surface area contributed by atoms with Gasteiger partial charge in [0.25, 0.3) is 0 Å². The second-order valence-corrected chi connectivity index (χ2v) is 6.87. The SMILES string of the molecule is CC.Cc1cc2nc(C3CC3c3nc4c(C)ncc(C)n4n3)cn2cc1F. The quantitative estimate of drug-likeness (QED) is 0.535. The Morgan fingerprint density at radius 3 is 2.59 bits per heavy atom. The molecule has 2 unspecified atom stereocenters. The molecule has 4 aromatic rings. The minimum absolute atomic E-state index is 0.218. The maximum absolute atomic E-state index is 13.7. The zero-order valence-corrected chi connectivity index (χ0v) is 16.2. The summed E-state index contributed by atoms with van der Waals surface area (Å²) in [5.74, 6) is 1.16. The van der Waals surface area contributed by atoms with Crippen LogP contribution in [0.2, 0.25) is 0 Å². The fourth-order valence-corrected chi connectivity index (χ4v) is 3.38. The lowest BCUT2D eigenvalue weighted by Gasteiger charge is -1.97. The summed E-state index contributed by atoms with van der Waals surface area (Å²) in [6, 6.07) is 1.78. The Hall–Kier alpha value is -2.83. The van der Waals surface area contributed by atoms with Gasteiger partial charge in [-0.1, -0.05) is 13.8 Å². The van der Waals surface area contributed by atoms with Gasteiger partial charge < -0.3 is 4.40 Å². The van der Waals surface area contributed by atoms with Crippen molar-refractivity contribution in [1.82, 2.24) is 29.0 Å². The lowest BCUT2D eigenvalue weighted by Crippen LogP contribution is -1.97. The molecule has 1 aliphatic carbocycles. The van der Waals surface area contributed by atoms with Crippen molar-refractivity contribution in [3.63, 3.8) is 0 Å². The van der Waals surface area contributed by atoms with Gasteiger partial charge in [-0.05, 0) is 38.8 Å². The lowest BCUT2D eigenvalue weighted by molar-refractivity contribution is 0.610. The van der Waals surface area contributed by atoms with Crippen LogP contribution in [0.4, 0.5) is 4.39 Å². The van der Waals surface area contributed by atoms with Crippen LogP contribution in [0.25, 0.3) is 11.3 Å². The summed E-state index contributed by atoms with van der Waals surface area (Å²) in [6.07, 6.45) is 6.17. The van der Waals surface area contributed by atoms with E-state index >= 15 is 0 Å². The molecule has 0 amide bonds. The molecule has 0 radical (unpaired) electrons. The molecule has 0 aliphatic heterocycles. The van der Waals surface area contributed by atoms with Crippen molar-refractivity contribution in [3.8, 4) is 0 Å². The number of fused-ring (bicyclic) bond motifs is 2. The van der Waals surface area contributed by atoms with Crippen LogP contribution in [-0.4, -0.2) is 29.0 Å². The van der Waals surface area contributed by atoms with Gasteiger partial charge in [-0.25, -0.2) is 18.9 Å². The van der Waals surface area contributed by atoms with E-state index in [-0.39, 0.29) is 17.7 Å². The van der Waals surface area contributed by atoms with Crippen LogP contribution in [0.1, 0.15) is 60.6 Å². The van der Waals surface area contributed by atoms with Crippen LogP contribution in [0.15, 0.2) is 24.7 Å². The number of hydrogen-bond donors (Lipinski definition) is 0. The van der Waals surface area contributed by atoms with Crippen molar-refractivity contribution in [1.29, 1.82) is 0 Å². The minimum Gasteiger partial charge on any atom is -0.304 e. The highest BCUT2D eigenvalue weighted by Gasteiger charge is 2.44. The fraction of sp³-hybridized carbons (Fsp3) is 0.400. The van der Waals surface area contributed by atoms with E-state index in [1.807, 2.05) is 44.6 Å². The third-order valence-corrected chi connectivity index (χ3v) is 4.98. The summed E-state index contributed by atoms with van der Waals surface area (Å²) in [5, 5.41) is 4.66. The number of pyridine rings is 1. The Morgan fingerprint density at radius 1 is 1.07 bits per heavy atom. The standard InChI is InChI=1S/C18H17FN6.C2H6/c1-9-4-16-21-15(8-24(16)7-14(9)19)12-5-13(12)17-22-18-11(3)20-6-10(2)25(18)23-17;1-2/h4,6-8,12-13H,5H2,1-3H3;1-2H3. The summed E-state index contributed by atoms with van der Waals surface area (Å²) in [5.41, 5.74) is 5.01. The van der Waals surface area contributed by atoms with Crippen molar-refractivity contribution in [2.24, 2.45) is 0 Å². The van der Waals surface area contributed by atoms with Gasteiger partial charge in [-0.3, -0.25) is 4.98 Å². The van der Waals surface area contributed by atoms with Crippen molar-refractivity contribution in [2.45, 2.75) is 52.9 Å². The number of imidazole rings is 1. The van der Waals surface area contributed by atoms with E-state index in [9.17, 15) is 4.39 Å². The van der Waals surface area contributed by atoms with Gasteiger partial charge in [-0.15, -0.1) is 0 Å². The Bertz CT molecular complexity index is 1060. The molecule has 0 saturated heterocycles. The Morgan fingerprint density at radius 2 is 1.85 bits per heavy atom. The second kappa shape index (κ2) is 6.40. The van der Waals surface area contributed by atoms with Crippen LogP contribution in [0, 0.1) is 26.6 Å². The number of aromatic nitrogens is 6. The molecule has 0 aromatic carbocycles. The van der Waals surface area contributed by atoms with Crippen LogP contribution in [0.3, 0.4) is 0 Å².